The van der Waals surface area contributed by atoms with E-state index in [-0.39, 0.29) is 5.46 Å². The van der Waals surface area contributed by atoms with Crippen molar-refractivity contribution in [3.8, 4) is 0 Å². The Labute approximate surface area is 111 Å². The van der Waals surface area contributed by atoms with Crippen LogP contribution in [0.1, 0.15) is 20.8 Å². The van der Waals surface area contributed by atoms with Crippen LogP contribution in [-0.2, 0) is 9.53 Å². The second-order valence-corrected chi connectivity index (χ2v) is 4.93. The molecule has 0 amide bonds. The van der Waals surface area contributed by atoms with E-state index in [1.807, 2.05) is 0 Å². The smallest absolute Gasteiger partial charge is 0.457 e. The number of carbonyl (C=O) groups is 1. The lowest BCUT2D eigenvalue weighted by Crippen LogP contribution is -2.34. The van der Waals surface area contributed by atoms with E-state index in [0.717, 1.165) is 16.7 Å². The van der Waals surface area contributed by atoms with Crippen molar-refractivity contribution in [3.05, 3.63) is 34.8 Å². The third kappa shape index (κ3) is 5.11. The highest BCUT2D eigenvalue weighted by Crippen LogP contribution is 2.07. The van der Waals surface area contributed by atoms with Crippen LogP contribution in [0, 0.1) is 0 Å². The van der Waals surface area contributed by atoms with Gasteiger partial charge in [0.15, 0.2) is 0 Å². The van der Waals surface area contributed by atoms with Crippen LogP contribution in [-0.4, -0.2) is 33.3 Å². The molecule has 102 valence electrons. The molecule has 0 aliphatic heterocycles. The van der Waals surface area contributed by atoms with Crippen molar-refractivity contribution >= 4 is 24.8 Å². The molecule has 0 fully saturated rings. The van der Waals surface area contributed by atoms with Crippen LogP contribution in [0.4, 0.5) is 0 Å². The molecular weight excluding hydrogens is 249 g/mol. The van der Waals surface area contributed by atoms with Crippen LogP contribution >= 0.6 is 0 Å². The molecule has 6 nitrogen and oxygen atoms in total. The Bertz CT molecular complexity index is 542. The number of carbonyl (C=O) groups excluding carboxylic acids is 1. The van der Waals surface area contributed by atoms with E-state index >= 15 is 0 Å². The fraction of sp³-hybridized carbons (Fsp3) is 0.333. The molecule has 0 unspecified atom stereocenters. The van der Waals surface area contributed by atoms with Crippen molar-refractivity contribution in [2.75, 3.05) is 0 Å². The summed E-state index contributed by atoms with van der Waals surface area (Å²) in [5.41, 5.74) is -0.991. The molecule has 1 aromatic rings. The molecule has 7 heteroatoms. The Morgan fingerprint density at radius 3 is 2.53 bits per heavy atom. The van der Waals surface area contributed by atoms with E-state index in [1.165, 1.54) is 18.5 Å². The molecule has 0 aliphatic carbocycles. The quantitative estimate of drug-likeness (QED) is 0.430. The third-order valence-electron chi connectivity index (χ3n) is 2.05. The van der Waals surface area contributed by atoms with Crippen LogP contribution in [0.2, 0.25) is 0 Å². The summed E-state index contributed by atoms with van der Waals surface area (Å²) in [4.78, 5) is 23.0. The minimum absolute atomic E-state index is 0.0897. The molecule has 1 heterocycles. The minimum Gasteiger partial charge on any atom is -0.457 e. The standard InChI is InChI=1S/C12H16BNO5/c1-12(2,3)19-11(16)5-7-14-6-4-9(13(17)18)8-10(14)15/h4-8,17-18H,1-3H3/b7-5+. The molecule has 0 saturated heterocycles. The van der Waals surface area contributed by atoms with E-state index in [4.69, 9.17) is 14.8 Å². The van der Waals surface area contributed by atoms with Crippen LogP contribution in [0.5, 0.6) is 0 Å². The lowest BCUT2D eigenvalue weighted by molar-refractivity contribution is -0.148. The molecule has 19 heavy (non-hydrogen) atoms. The van der Waals surface area contributed by atoms with Crippen molar-refractivity contribution in [3.63, 3.8) is 0 Å². The largest absolute Gasteiger partial charge is 0.488 e. The van der Waals surface area contributed by atoms with Gasteiger partial charge in [-0.05, 0) is 32.3 Å². The molecular formula is C12H16BNO5. The van der Waals surface area contributed by atoms with Gasteiger partial charge in [0.25, 0.3) is 5.56 Å². The first-order valence-electron chi connectivity index (χ1n) is 5.68. The normalized spacial score (nSPS) is 11.6. The summed E-state index contributed by atoms with van der Waals surface area (Å²) in [7, 11) is -1.70. The van der Waals surface area contributed by atoms with Gasteiger partial charge in [0.2, 0.25) is 0 Å². The average Bonchev–Trinajstić information content (AvgIpc) is 2.24. The highest BCUT2D eigenvalue weighted by molar-refractivity contribution is 6.58. The number of esters is 1. The minimum atomic E-state index is -1.70. The van der Waals surface area contributed by atoms with Gasteiger partial charge in [0.1, 0.15) is 5.60 Å². The van der Waals surface area contributed by atoms with Crippen molar-refractivity contribution in [2.24, 2.45) is 0 Å². The maximum atomic E-state index is 11.6. The van der Waals surface area contributed by atoms with Crippen LogP contribution in [0.15, 0.2) is 29.2 Å². The molecule has 1 aromatic heterocycles. The van der Waals surface area contributed by atoms with Gasteiger partial charge in [-0.25, -0.2) is 4.79 Å². The second-order valence-electron chi connectivity index (χ2n) is 4.93. The van der Waals surface area contributed by atoms with Gasteiger partial charge in [-0.1, -0.05) is 0 Å². The molecule has 0 spiro atoms. The van der Waals surface area contributed by atoms with Gasteiger partial charge in [0.05, 0.1) is 0 Å². The van der Waals surface area contributed by atoms with Crippen LogP contribution in [0.25, 0.3) is 6.20 Å². The summed E-state index contributed by atoms with van der Waals surface area (Å²) < 4.78 is 6.17. The first-order valence-corrected chi connectivity index (χ1v) is 5.68. The predicted molar refractivity (Wildman–Crippen MR) is 71.7 cm³/mol. The zero-order valence-electron chi connectivity index (χ0n) is 11.0. The number of rotatable bonds is 3. The summed E-state index contributed by atoms with van der Waals surface area (Å²) in [6, 6.07) is 2.44. The zero-order valence-corrected chi connectivity index (χ0v) is 11.0. The fourth-order valence-corrected chi connectivity index (χ4v) is 1.27. The molecule has 0 saturated carbocycles. The SMILES string of the molecule is CC(C)(C)OC(=O)/C=C/n1ccc(B(O)O)cc1=O. The van der Waals surface area contributed by atoms with Crippen molar-refractivity contribution < 1.29 is 19.6 Å². The van der Waals surface area contributed by atoms with Crippen molar-refractivity contribution in [1.82, 2.24) is 4.57 Å². The number of hydrogen-bond donors (Lipinski definition) is 2. The molecule has 0 aliphatic rings. The molecule has 0 atom stereocenters. The predicted octanol–water partition coefficient (Wildman–Crippen LogP) is -0.659. The highest BCUT2D eigenvalue weighted by Gasteiger charge is 2.14. The van der Waals surface area contributed by atoms with Gasteiger partial charge >= 0.3 is 13.1 Å². The van der Waals surface area contributed by atoms with Gasteiger partial charge in [-0.15, -0.1) is 0 Å². The van der Waals surface area contributed by atoms with Crippen LogP contribution < -0.4 is 11.0 Å². The third-order valence-corrected chi connectivity index (χ3v) is 2.05. The first-order chi connectivity index (χ1) is 8.69. The Morgan fingerprint density at radius 1 is 1.42 bits per heavy atom. The Kier molecular flexibility index (Phi) is 4.69. The van der Waals surface area contributed by atoms with Crippen molar-refractivity contribution in [2.45, 2.75) is 26.4 Å². The van der Waals surface area contributed by atoms with E-state index in [1.54, 1.807) is 20.8 Å². The topological polar surface area (TPSA) is 88.8 Å². The number of nitrogens with zero attached hydrogens (tertiary/aromatic N) is 1. The summed E-state index contributed by atoms with van der Waals surface area (Å²) in [5.74, 6) is -0.564. The fourth-order valence-electron chi connectivity index (χ4n) is 1.27. The number of pyridine rings is 1. The van der Waals surface area contributed by atoms with Gasteiger partial charge < -0.3 is 14.8 Å². The van der Waals surface area contributed by atoms with Gasteiger partial charge in [-0.2, -0.15) is 0 Å². The number of aromatic nitrogens is 1. The summed E-state index contributed by atoms with van der Waals surface area (Å²) in [6.07, 6.45) is 3.71. The number of hydrogen-bond acceptors (Lipinski definition) is 5. The first kappa shape index (κ1) is 15.2. The van der Waals surface area contributed by atoms with E-state index in [9.17, 15) is 9.59 Å². The lowest BCUT2D eigenvalue weighted by Gasteiger charge is -2.17. The maximum absolute atomic E-state index is 11.6. The Hall–Kier alpha value is -1.86. The molecule has 0 radical (unpaired) electrons. The Morgan fingerprint density at radius 2 is 2.05 bits per heavy atom. The van der Waals surface area contributed by atoms with Crippen LogP contribution in [0.3, 0.4) is 0 Å². The summed E-state index contributed by atoms with van der Waals surface area (Å²) >= 11 is 0. The summed E-state index contributed by atoms with van der Waals surface area (Å²) in [5, 5.41) is 17.8. The number of ether oxygens (including phenoxy) is 1. The maximum Gasteiger partial charge on any atom is 0.488 e. The molecule has 0 aromatic carbocycles. The van der Waals surface area contributed by atoms with E-state index in [0.29, 0.717) is 0 Å². The second kappa shape index (κ2) is 5.86. The van der Waals surface area contributed by atoms with E-state index in [2.05, 4.69) is 0 Å². The van der Waals surface area contributed by atoms with Crippen molar-refractivity contribution in [1.29, 1.82) is 0 Å². The molecule has 0 bridgehead atoms. The summed E-state index contributed by atoms with van der Waals surface area (Å²) in [6.45, 7) is 5.22. The highest BCUT2D eigenvalue weighted by atomic mass is 16.6. The molecule has 2 N–H and O–H groups in total. The zero-order chi connectivity index (χ0) is 14.6. The Balaban J connectivity index is 2.83. The monoisotopic (exact) mass is 265 g/mol. The lowest BCUT2D eigenvalue weighted by atomic mass is 9.81. The van der Waals surface area contributed by atoms with E-state index < -0.39 is 24.2 Å². The average molecular weight is 265 g/mol. The van der Waals surface area contributed by atoms with Gasteiger partial charge in [0, 0.05) is 24.5 Å². The van der Waals surface area contributed by atoms with Gasteiger partial charge in [-0.3, -0.25) is 9.36 Å². The molecule has 1 rings (SSSR count).